The smallest absolute Gasteiger partial charge is 0.253 e. The molecule has 6 nitrogen and oxygen atoms in total. The molecule has 0 aliphatic heterocycles. The molecule has 1 amide bonds. The molecule has 0 aliphatic rings. The summed E-state index contributed by atoms with van der Waals surface area (Å²) in [4.78, 5) is 14.1. The standard InChI is InChI=1S/C15H25N3O3/c1-11(10-21-4)18(7-8-20-3)14-9-12(16)5-6-13(14)15(19)17-2/h5-6,9,11H,7-8,10,16H2,1-4H3,(H,17,19). The van der Waals surface area contributed by atoms with Crippen molar-refractivity contribution in [3.63, 3.8) is 0 Å². The second-order valence-electron chi connectivity index (χ2n) is 4.85. The van der Waals surface area contributed by atoms with E-state index in [0.29, 0.717) is 31.0 Å². The van der Waals surface area contributed by atoms with Crippen molar-refractivity contribution < 1.29 is 14.3 Å². The van der Waals surface area contributed by atoms with Crippen molar-refractivity contribution >= 4 is 17.3 Å². The number of carbonyl (C=O) groups excluding carboxylic acids is 1. The average Bonchev–Trinajstić information content (AvgIpc) is 2.47. The molecule has 1 aromatic carbocycles. The summed E-state index contributed by atoms with van der Waals surface area (Å²) in [6.07, 6.45) is 0. The number of anilines is 2. The first-order valence-electron chi connectivity index (χ1n) is 6.91. The zero-order valence-corrected chi connectivity index (χ0v) is 13.2. The van der Waals surface area contributed by atoms with Crippen LogP contribution in [0.1, 0.15) is 17.3 Å². The van der Waals surface area contributed by atoms with E-state index >= 15 is 0 Å². The van der Waals surface area contributed by atoms with Crippen molar-refractivity contribution in [2.75, 3.05) is 51.7 Å². The largest absolute Gasteiger partial charge is 0.399 e. The highest BCUT2D eigenvalue weighted by atomic mass is 16.5. The molecule has 1 unspecified atom stereocenters. The summed E-state index contributed by atoms with van der Waals surface area (Å²) in [5, 5.41) is 2.65. The van der Waals surface area contributed by atoms with Crippen LogP contribution in [0.3, 0.4) is 0 Å². The van der Waals surface area contributed by atoms with E-state index in [4.69, 9.17) is 15.2 Å². The van der Waals surface area contributed by atoms with E-state index in [-0.39, 0.29) is 11.9 Å². The van der Waals surface area contributed by atoms with Crippen LogP contribution in [0.4, 0.5) is 11.4 Å². The van der Waals surface area contributed by atoms with Crippen LogP contribution in [0.15, 0.2) is 18.2 Å². The van der Waals surface area contributed by atoms with Crippen molar-refractivity contribution in [3.8, 4) is 0 Å². The van der Waals surface area contributed by atoms with Gasteiger partial charge in [0, 0.05) is 39.5 Å². The van der Waals surface area contributed by atoms with Gasteiger partial charge in [0.05, 0.1) is 24.5 Å². The number of carbonyl (C=O) groups is 1. The van der Waals surface area contributed by atoms with E-state index in [1.165, 1.54) is 0 Å². The zero-order chi connectivity index (χ0) is 15.8. The summed E-state index contributed by atoms with van der Waals surface area (Å²) in [5.41, 5.74) is 7.88. The van der Waals surface area contributed by atoms with Gasteiger partial charge in [-0.05, 0) is 25.1 Å². The van der Waals surface area contributed by atoms with E-state index in [0.717, 1.165) is 5.69 Å². The third-order valence-corrected chi connectivity index (χ3v) is 3.28. The highest BCUT2D eigenvalue weighted by molar-refractivity contribution is 6.00. The Kier molecular flexibility index (Phi) is 6.98. The van der Waals surface area contributed by atoms with Gasteiger partial charge in [0.1, 0.15) is 0 Å². The molecule has 0 aliphatic carbocycles. The summed E-state index contributed by atoms with van der Waals surface area (Å²) in [7, 11) is 4.92. The molecule has 118 valence electrons. The Bertz CT molecular complexity index is 465. The third kappa shape index (κ3) is 4.61. The minimum atomic E-state index is -0.142. The van der Waals surface area contributed by atoms with Gasteiger partial charge in [0.2, 0.25) is 0 Å². The number of ether oxygens (including phenoxy) is 2. The molecule has 0 spiro atoms. The number of hydrogen-bond acceptors (Lipinski definition) is 5. The number of nitrogens with one attached hydrogen (secondary N) is 1. The summed E-state index contributed by atoms with van der Waals surface area (Å²) < 4.78 is 10.4. The number of amides is 1. The van der Waals surface area contributed by atoms with E-state index < -0.39 is 0 Å². The Labute approximate surface area is 126 Å². The number of rotatable bonds is 8. The molecule has 0 radical (unpaired) electrons. The van der Waals surface area contributed by atoms with Crippen molar-refractivity contribution in [2.24, 2.45) is 0 Å². The Morgan fingerprint density at radius 1 is 1.38 bits per heavy atom. The van der Waals surface area contributed by atoms with Crippen LogP contribution in [-0.2, 0) is 9.47 Å². The van der Waals surface area contributed by atoms with Gasteiger partial charge in [-0.25, -0.2) is 0 Å². The normalized spacial score (nSPS) is 12.0. The van der Waals surface area contributed by atoms with Crippen molar-refractivity contribution in [1.82, 2.24) is 5.32 Å². The minimum absolute atomic E-state index is 0.0929. The van der Waals surface area contributed by atoms with Crippen molar-refractivity contribution in [3.05, 3.63) is 23.8 Å². The van der Waals surface area contributed by atoms with Crippen molar-refractivity contribution in [2.45, 2.75) is 13.0 Å². The molecular formula is C15H25N3O3. The summed E-state index contributed by atoms with van der Waals surface area (Å²) >= 11 is 0. The van der Waals surface area contributed by atoms with E-state index in [1.54, 1.807) is 33.4 Å². The third-order valence-electron chi connectivity index (χ3n) is 3.28. The van der Waals surface area contributed by atoms with Gasteiger partial charge >= 0.3 is 0 Å². The van der Waals surface area contributed by atoms with Crippen LogP contribution in [-0.4, -0.2) is 53.0 Å². The molecule has 1 rings (SSSR count). The Balaban J connectivity index is 3.20. The molecule has 3 N–H and O–H groups in total. The number of benzene rings is 1. The van der Waals surface area contributed by atoms with Crippen LogP contribution in [0.5, 0.6) is 0 Å². The summed E-state index contributed by atoms with van der Waals surface area (Å²) in [5.74, 6) is -0.142. The van der Waals surface area contributed by atoms with Crippen LogP contribution < -0.4 is 16.0 Å². The first kappa shape index (κ1) is 17.3. The first-order chi connectivity index (χ1) is 10.0. The molecule has 6 heteroatoms. The number of nitrogens with two attached hydrogens (primary N) is 1. The Hall–Kier alpha value is -1.79. The van der Waals surface area contributed by atoms with Gasteiger partial charge in [-0.3, -0.25) is 4.79 Å². The SMILES string of the molecule is CNC(=O)c1ccc(N)cc1N(CCOC)C(C)COC. The van der Waals surface area contributed by atoms with Gasteiger partial charge in [0.25, 0.3) is 5.91 Å². The summed E-state index contributed by atoms with van der Waals surface area (Å²) in [6, 6.07) is 5.37. The fraction of sp³-hybridized carbons (Fsp3) is 0.533. The van der Waals surface area contributed by atoms with Crippen LogP contribution in [0, 0.1) is 0 Å². The van der Waals surface area contributed by atoms with Crippen LogP contribution >= 0.6 is 0 Å². The second-order valence-corrected chi connectivity index (χ2v) is 4.85. The maximum atomic E-state index is 12.1. The predicted molar refractivity (Wildman–Crippen MR) is 84.8 cm³/mol. The van der Waals surface area contributed by atoms with Crippen LogP contribution in [0.25, 0.3) is 0 Å². The molecule has 0 heterocycles. The molecule has 0 saturated carbocycles. The highest BCUT2D eigenvalue weighted by Gasteiger charge is 2.20. The molecule has 0 aromatic heterocycles. The molecular weight excluding hydrogens is 270 g/mol. The Morgan fingerprint density at radius 2 is 2.10 bits per heavy atom. The van der Waals surface area contributed by atoms with E-state index in [1.807, 2.05) is 13.0 Å². The number of nitrogens with zero attached hydrogens (tertiary/aromatic N) is 1. The maximum Gasteiger partial charge on any atom is 0.253 e. The fourth-order valence-corrected chi connectivity index (χ4v) is 2.21. The van der Waals surface area contributed by atoms with Crippen LogP contribution in [0.2, 0.25) is 0 Å². The topological polar surface area (TPSA) is 76.8 Å². The fourth-order valence-electron chi connectivity index (χ4n) is 2.21. The lowest BCUT2D eigenvalue weighted by atomic mass is 10.1. The number of hydrogen-bond donors (Lipinski definition) is 2. The molecule has 0 fully saturated rings. The van der Waals surface area contributed by atoms with E-state index in [2.05, 4.69) is 10.2 Å². The molecule has 1 aromatic rings. The lowest BCUT2D eigenvalue weighted by molar-refractivity contribution is 0.0963. The highest BCUT2D eigenvalue weighted by Crippen LogP contribution is 2.25. The summed E-state index contributed by atoms with van der Waals surface area (Å²) in [6.45, 7) is 3.78. The molecule has 0 saturated heterocycles. The predicted octanol–water partition coefficient (Wildman–Crippen LogP) is 1.12. The lowest BCUT2D eigenvalue weighted by Gasteiger charge is -2.32. The van der Waals surface area contributed by atoms with Gasteiger partial charge in [-0.2, -0.15) is 0 Å². The lowest BCUT2D eigenvalue weighted by Crippen LogP contribution is -2.40. The quantitative estimate of drug-likeness (QED) is 0.703. The first-order valence-corrected chi connectivity index (χ1v) is 6.91. The average molecular weight is 295 g/mol. The molecule has 0 bridgehead atoms. The minimum Gasteiger partial charge on any atom is -0.399 e. The monoisotopic (exact) mass is 295 g/mol. The van der Waals surface area contributed by atoms with Gasteiger partial charge < -0.3 is 25.4 Å². The molecule has 21 heavy (non-hydrogen) atoms. The van der Waals surface area contributed by atoms with E-state index in [9.17, 15) is 4.79 Å². The van der Waals surface area contributed by atoms with Gasteiger partial charge in [0.15, 0.2) is 0 Å². The van der Waals surface area contributed by atoms with Gasteiger partial charge in [-0.15, -0.1) is 0 Å². The zero-order valence-electron chi connectivity index (χ0n) is 13.2. The maximum absolute atomic E-state index is 12.1. The number of nitrogen functional groups attached to an aromatic ring is 1. The number of methoxy groups -OCH3 is 2. The molecule has 1 atom stereocenters. The van der Waals surface area contributed by atoms with Crippen molar-refractivity contribution in [1.29, 1.82) is 0 Å². The second kappa shape index (κ2) is 8.49. The van der Waals surface area contributed by atoms with Gasteiger partial charge in [-0.1, -0.05) is 0 Å². The Morgan fingerprint density at radius 3 is 2.67 bits per heavy atom.